The van der Waals surface area contributed by atoms with E-state index in [2.05, 4.69) is 27.6 Å². The monoisotopic (exact) mass is 389 g/mol. The molecular weight excluding hydrogens is 362 g/mol. The maximum Gasteiger partial charge on any atom is 0.125 e. The molecule has 2 aromatic rings. The topological polar surface area (TPSA) is 50.5 Å². The summed E-state index contributed by atoms with van der Waals surface area (Å²) in [6, 6.07) is 7.44. The second-order valence-electron chi connectivity index (χ2n) is 7.82. The average molecular weight is 390 g/mol. The van der Waals surface area contributed by atoms with Crippen LogP contribution in [0.25, 0.3) is 0 Å². The molecule has 2 aliphatic rings. The Morgan fingerprint density at radius 2 is 2.04 bits per heavy atom. The lowest BCUT2D eigenvalue weighted by Gasteiger charge is -2.35. The van der Waals surface area contributed by atoms with Crippen LogP contribution in [-0.2, 0) is 13.0 Å². The van der Waals surface area contributed by atoms with Crippen molar-refractivity contribution in [3.63, 3.8) is 0 Å². The zero-order valence-corrected chi connectivity index (χ0v) is 16.6. The predicted molar refractivity (Wildman–Crippen MR) is 106 cm³/mol. The Morgan fingerprint density at radius 1 is 1.22 bits per heavy atom. The van der Waals surface area contributed by atoms with Gasteiger partial charge < -0.3 is 19.3 Å². The molecule has 0 amide bonds. The number of aromatic nitrogens is 2. The molecule has 1 saturated carbocycles. The van der Waals surface area contributed by atoms with Gasteiger partial charge in [0, 0.05) is 50.0 Å². The lowest BCUT2D eigenvalue weighted by atomic mass is 9.78. The smallest absolute Gasteiger partial charge is 0.125 e. The molecular formula is C21H28ClN3O2. The highest BCUT2D eigenvalue weighted by Crippen LogP contribution is 2.38. The lowest BCUT2D eigenvalue weighted by molar-refractivity contribution is -0.0231. The normalized spacial score (nSPS) is 28.3. The van der Waals surface area contributed by atoms with Gasteiger partial charge in [0.2, 0.25) is 0 Å². The van der Waals surface area contributed by atoms with E-state index in [4.69, 9.17) is 16.3 Å². The lowest BCUT2D eigenvalue weighted by Crippen LogP contribution is -2.42. The van der Waals surface area contributed by atoms with Crippen molar-refractivity contribution in [2.24, 2.45) is 11.8 Å². The summed E-state index contributed by atoms with van der Waals surface area (Å²) in [6.07, 6.45) is 6.08. The first kappa shape index (κ1) is 18.8. The number of aliphatic hydroxyl groups is 1. The number of benzene rings is 1. The summed E-state index contributed by atoms with van der Waals surface area (Å²) in [5.41, 5.74) is 0. The SMILES string of the molecule is CCc1nccn1CCN1C[C@H]2C[C@@H](Oc3cccc(Cl)c3)[C@H](O)C[C@H]2C1. The minimum atomic E-state index is -0.412. The van der Waals surface area contributed by atoms with Crippen molar-refractivity contribution < 1.29 is 9.84 Å². The molecule has 1 aromatic carbocycles. The number of halogens is 1. The third kappa shape index (κ3) is 4.31. The summed E-state index contributed by atoms with van der Waals surface area (Å²) in [5, 5.41) is 11.3. The van der Waals surface area contributed by atoms with Crippen LogP contribution in [0, 0.1) is 11.8 Å². The first-order valence-electron chi connectivity index (χ1n) is 9.95. The van der Waals surface area contributed by atoms with Crippen molar-refractivity contribution in [1.82, 2.24) is 14.5 Å². The quantitative estimate of drug-likeness (QED) is 0.823. The molecule has 0 bridgehead atoms. The van der Waals surface area contributed by atoms with Crippen LogP contribution in [0.2, 0.25) is 5.02 Å². The number of ether oxygens (including phenoxy) is 1. The Bertz CT molecular complexity index is 765. The van der Waals surface area contributed by atoms with Crippen LogP contribution < -0.4 is 4.74 Å². The minimum Gasteiger partial charge on any atom is -0.488 e. The predicted octanol–water partition coefficient (Wildman–Crippen LogP) is 3.25. The molecule has 146 valence electrons. The maximum absolute atomic E-state index is 10.6. The second kappa shape index (κ2) is 8.21. The van der Waals surface area contributed by atoms with Crippen molar-refractivity contribution in [1.29, 1.82) is 0 Å². The van der Waals surface area contributed by atoms with Crippen LogP contribution in [0.1, 0.15) is 25.6 Å². The fraction of sp³-hybridized carbons (Fsp3) is 0.571. The Balaban J connectivity index is 1.33. The number of fused-ring (bicyclic) bond motifs is 1. The van der Waals surface area contributed by atoms with Gasteiger partial charge in [-0.25, -0.2) is 4.98 Å². The van der Waals surface area contributed by atoms with Crippen molar-refractivity contribution in [2.75, 3.05) is 19.6 Å². The molecule has 0 radical (unpaired) electrons. The van der Waals surface area contributed by atoms with Crippen LogP contribution in [0.4, 0.5) is 0 Å². The van der Waals surface area contributed by atoms with Gasteiger partial charge in [-0.1, -0.05) is 24.6 Å². The zero-order chi connectivity index (χ0) is 18.8. The molecule has 1 aliphatic heterocycles. The number of nitrogens with zero attached hydrogens (tertiary/aromatic N) is 3. The van der Waals surface area contributed by atoms with Gasteiger partial charge in [0.25, 0.3) is 0 Å². The number of rotatable bonds is 6. The van der Waals surface area contributed by atoms with Crippen LogP contribution in [0.5, 0.6) is 5.75 Å². The van der Waals surface area contributed by atoms with Gasteiger partial charge in [-0.15, -0.1) is 0 Å². The van der Waals surface area contributed by atoms with E-state index in [1.807, 2.05) is 30.5 Å². The zero-order valence-electron chi connectivity index (χ0n) is 15.8. The summed E-state index contributed by atoms with van der Waals surface area (Å²) in [5.74, 6) is 3.04. The van der Waals surface area contributed by atoms with Gasteiger partial charge in [0.1, 0.15) is 17.7 Å². The Morgan fingerprint density at radius 3 is 2.81 bits per heavy atom. The Kier molecular flexibility index (Phi) is 5.71. The van der Waals surface area contributed by atoms with Crippen molar-refractivity contribution in [2.45, 2.75) is 44.9 Å². The fourth-order valence-corrected chi connectivity index (χ4v) is 4.80. The maximum atomic E-state index is 10.6. The summed E-state index contributed by atoms with van der Waals surface area (Å²) in [4.78, 5) is 6.93. The largest absolute Gasteiger partial charge is 0.488 e. The molecule has 0 unspecified atom stereocenters. The Labute approximate surface area is 165 Å². The van der Waals surface area contributed by atoms with Crippen molar-refractivity contribution >= 4 is 11.6 Å². The molecule has 5 nitrogen and oxygen atoms in total. The molecule has 6 heteroatoms. The molecule has 2 heterocycles. The number of likely N-dealkylation sites (tertiary alicyclic amines) is 1. The third-order valence-electron chi connectivity index (χ3n) is 6.02. The van der Waals surface area contributed by atoms with E-state index in [-0.39, 0.29) is 6.10 Å². The van der Waals surface area contributed by atoms with E-state index < -0.39 is 6.10 Å². The average Bonchev–Trinajstić information content (AvgIpc) is 3.26. The molecule has 4 rings (SSSR count). The third-order valence-corrected chi connectivity index (χ3v) is 6.25. The molecule has 1 saturated heterocycles. The molecule has 1 aliphatic carbocycles. The molecule has 1 N–H and O–H groups in total. The fourth-order valence-electron chi connectivity index (χ4n) is 4.62. The Hall–Kier alpha value is -1.56. The summed E-state index contributed by atoms with van der Waals surface area (Å²) in [6.45, 7) is 6.31. The highest BCUT2D eigenvalue weighted by atomic mass is 35.5. The highest BCUT2D eigenvalue weighted by molar-refractivity contribution is 6.30. The molecule has 0 spiro atoms. The highest BCUT2D eigenvalue weighted by Gasteiger charge is 2.42. The van der Waals surface area contributed by atoms with E-state index in [9.17, 15) is 5.11 Å². The van der Waals surface area contributed by atoms with Gasteiger partial charge in [0.15, 0.2) is 0 Å². The molecule has 27 heavy (non-hydrogen) atoms. The first-order valence-corrected chi connectivity index (χ1v) is 10.3. The van der Waals surface area contributed by atoms with Crippen molar-refractivity contribution in [3.05, 3.63) is 47.5 Å². The number of imidazole rings is 1. The van der Waals surface area contributed by atoms with Crippen LogP contribution >= 0.6 is 11.6 Å². The summed E-state index contributed by atoms with van der Waals surface area (Å²) < 4.78 is 8.33. The van der Waals surface area contributed by atoms with Gasteiger partial charge in [-0.2, -0.15) is 0 Å². The van der Waals surface area contributed by atoms with E-state index in [0.717, 1.165) is 57.0 Å². The molecule has 1 aromatic heterocycles. The van der Waals surface area contributed by atoms with Gasteiger partial charge >= 0.3 is 0 Å². The molecule has 2 fully saturated rings. The van der Waals surface area contributed by atoms with Crippen LogP contribution in [0.15, 0.2) is 36.7 Å². The standard InChI is InChI=1S/C21H28ClN3O2/c1-2-21-23-6-7-25(21)9-8-24-13-15-10-19(26)20(11-16(15)14-24)27-18-5-3-4-17(22)12-18/h3-7,12,15-16,19-20,26H,2,8-11,13-14H2,1H3/t15-,16+,19+,20+/m0/s1. The summed E-state index contributed by atoms with van der Waals surface area (Å²) in [7, 11) is 0. The van der Waals surface area contributed by atoms with E-state index in [1.54, 1.807) is 0 Å². The van der Waals surface area contributed by atoms with Crippen molar-refractivity contribution in [3.8, 4) is 5.75 Å². The molecule has 4 atom stereocenters. The number of aryl methyl sites for hydroxylation is 1. The van der Waals surface area contributed by atoms with E-state index in [1.165, 1.54) is 0 Å². The van der Waals surface area contributed by atoms with E-state index >= 15 is 0 Å². The van der Waals surface area contributed by atoms with E-state index in [0.29, 0.717) is 16.9 Å². The number of hydrogen-bond donors (Lipinski definition) is 1. The van der Waals surface area contributed by atoms with Gasteiger partial charge in [-0.05, 0) is 42.9 Å². The van der Waals surface area contributed by atoms with Gasteiger partial charge in [0.05, 0.1) is 6.10 Å². The van der Waals surface area contributed by atoms with Crippen LogP contribution in [-0.4, -0.2) is 51.4 Å². The second-order valence-corrected chi connectivity index (χ2v) is 8.26. The first-order chi connectivity index (χ1) is 13.1. The van der Waals surface area contributed by atoms with Gasteiger partial charge in [-0.3, -0.25) is 0 Å². The minimum absolute atomic E-state index is 0.148. The summed E-state index contributed by atoms with van der Waals surface area (Å²) >= 11 is 6.05. The number of hydrogen-bond acceptors (Lipinski definition) is 4. The van der Waals surface area contributed by atoms with Crippen LogP contribution in [0.3, 0.4) is 0 Å². The number of aliphatic hydroxyl groups excluding tert-OH is 1.